The summed E-state index contributed by atoms with van der Waals surface area (Å²) in [5, 5.41) is 2.94. The minimum Gasteiger partial charge on any atom is -0.349 e. The lowest BCUT2D eigenvalue weighted by atomic mass is 9.78. The predicted molar refractivity (Wildman–Crippen MR) is 77.5 cm³/mol. The van der Waals surface area contributed by atoms with Crippen molar-refractivity contribution in [3.8, 4) is 0 Å². The van der Waals surface area contributed by atoms with E-state index in [-0.39, 0.29) is 29.6 Å². The zero-order valence-electron chi connectivity index (χ0n) is 11.9. The van der Waals surface area contributed by atoms with Crippen LogP contribution in [0, 0.1) is 17.7 Å². The number of carbonyl (C=O) groups is 1. The molecule has 0 radical (unpaired) electrons. The van der Waals surface area contributed by atoms with Crippen LogP contribution in [0.3, 0.4) is 0 Å². The van der Waals surface area contributed by atoms with Gasteiger partial charge in [-0.3, -0.25) is 4.79 Å². The zero-order valence-corrected chi connectivity index (χ0v) is 11.9. The van der Waals surface area contributed by atoms with E-state index in [1.54, 1.807) is 18.2 Å². The lowest BCUT2D eigenvalue weighted by Gasteiger charge is -2.30. The molecule has 0 bridgehead atoms. The second-order valence-electron chi connectivity index (χ2n) is 5.64. The molecule has 110 valence electrons. The molecule has 1 aromatic carbocycles. The maximum atomic E-state index is 13.7. The number of nitrogens with two attached hydrogens (primary N) is 1. The molecule has 3 nitrogen and oxygen atoms in total. The fraction of sp³-hybridized carbons (Fsp3) is 0.562. The molecule has 3 N–H and O–H groups in total. The molecule has 1 aliphatic carbocycles. The van der Waals surface area contributed by atoms with E-state index in [9.17, 15) is 9.18 Å². The van der Waals surface area contributed by atoms with Crippen LogP contribution in [0.4, 0.5) is 4.39 Å². The van der Waals surface area contributed by atoms with E-state index in [1.165, 1.54) is 6.07 Å². The fourth-order valence-corrected chi connectivity index (χ4v) is 3.06. The number of benzene rings is 1. The average Bonchev–Trinajstić information content (AvgIpc) is 2.47. The van der Waals surface area contributed by atoms with Crippen molar-refractivity contribution in [3.63, 3.8) is 0 Å². The van der Waals surface area contributed by atoms with E-state index < -0.39 is 0 Å². The maximum absolute atomic E-state index is 13.7. The van der Waals surface area contributed by atoms with E-state index in [4.69, 9.17) is 5.73 Å². The van der Waals surface area contributed by atoms with Crippen LogP contribution in [0.2, 0.25) is 0 Å². The molecule has 2 rings (SSSR count). The van der Waals surface area contributed by atoms with Crippen LogP contribution in [0.15, 0.2) is 24.3 Å². The molecule has 1 saturated carbocycles. The lowest BCUT2D eigenvalue weighted by molar-refractivity contribution is -0.128. The standard InChI is InChI=1S/C16H23FN2O/c1-11(13-7-4-5-9-15(13)17)19-16(20)14-8-3-2-6-12(14)10-18/h4-5,7,9,11-12,14H,2-3,6,8,10,18H2,1H3,(H,19,20)/t11-,12?,14?/m1/s1. The van der Waals surface area contributed by atoms with Crippen LogP contribution in [0.5, 0.6) is 0 Å². The molecule has 0 aliphatic heterocycles. The third kappa shape index (κ3) is 3.37. The second-order valence-corrected chi connectivity index (χ2v) is 5.64. The van der Waals surface area contributed by atoms with Crippen molar-refractivity contribution in [1.29, 1.82) is 0 Å². The molecule has 0 heterocycles. The van der Waals surface area contributed by atoms with Crippen molar-refractivity contribution < 1.29 is 9.18 Å². The van der Waals surface area contributed by atoms with Gasteiger partial charge in [0.15, 0.2) is 0 Å². The molecule has 2 unspecified atom stereocenters. The Morgan fingerprint density at radius 2 is 2.10 bits per heavy atom. The van der Waals surface area contributed by atoms with Crippen molar-refractivity contribution in [2.75, 3.05) is 6.54 Å². The Labute approximate surface area is 119 Å². The van der Waals surface area contributed by atoms with Gasteiger partial charge in [0, 0.05) is 11.5 Å². The number of halogens is 1. The summed E-state index contributed by atoms with van der Waals surface area (Å²) in [4.78, 5) is 12.4. The number of nitrogens with one attached hydrogen (secondary N) is 1. The van der Waals surface area contributed by atoms with E-state index in [0.717, 1.165) is 25.7 Å². The smallest absolute Gasteiger partial charge is 0.223 e. The Morgan fingerprint density at radius 3 is 2.80 bits per heavy atom. The fourth-order valence-electron chi connectivity index (χ4n) is 3.06. The van der Waals surface area contributed by atoms with Crippen LogP contribution in [0.25, 0.3) is 0 Å². The van der Waals surface area contributed by atoms with Crippen molar-refractivity contribution in [2.24, 2.45) is 17.6 Å². The van der Waals surface area contributed by atoms with Crippen molar-refractivity contribution in [1.82, 2.24) is 5.32 Å². The van der Waals surface area contributed by atoms with Crippen molar-refractivity contribution >= 4 is 5.91 Å². The van der Waals surface area contributed by atoms with Gasteiger partial charge < -0.3 is 11.1 Å². The molecule has 3 atom stereocenters. The summed E-state index contributed by atoms with van der Waals surface area (Å²) in [6, 6.07) is 6.25. The molecular weight excluding hydrogens is 255 g/mol. The summed E-state index contributed by atoms with van der Waals surface area (Å²) in [6.07, 6.45) is 4.12. The van der Waals surface area contributed by atoms with Gasteiger partial charge in [-0.1, -0.05) is 31.0 Å². The monoisotopic (exact) mass is 278 g/mol. The minimum absolute atomic E-state index is 0.0101. The first kappa shape index (κ1) is 15.0. The first-order chi connectivity index (χ1) is 9.63. The lowest BCUT2D eigenvalue weighted by Crippen LogP contribution is -2.40. The molecule has 1 fully saturated rings. The highest BCUT2D eigenvalue weighted by Gasteiger charge is 2.30. The van der Waals surface area contributed by atoms with E-state index in [1.807, 2.05) is 6.92 Å². The van der Waals surface area contributed by atoms with Gasteiger partial charge in [0.05, 0.1) is 6.04 Å². The SMILES string of the molecule is C[C@@H](NC(=O)C1CCCCC1CN)c1ccccc1F. The van der Waals surface area contributed by atoms with E-state index >= 15 is 0 Å². The summed E-state index contributed by atoms with van der Waals surface area (Å²) in [5.74, 6) is -0.0326. The highest BCUT2D eigenvalue weighted by Crippen LogP contribution is 2.30. The Bertz CT molecular complexity index is 464. The van der Waals surface area contributed by atoms with Gasteiger partial charge in [0.2, 0.25) is 5.91 Å². The molecule has 0 saturated heterocycles. The first-order valence-electron chi connectivity index (χ1n) is 7.38. The largest absolute Gasteiger partial charge is 0.349 e. The molecule has 1 aromatic rings. The Kier molecular flexibility index (Phi) is 5.12. The summed E-state index contributed by atoms with van der Waals surface area (Å²) in [5.41, 5.74) is 6.29. The Balaban J connectivity index is 2.02. The van der Waals surface area contributed by atoms with Crippen LogP contribution in [-0.2, 0) is 4.79 Å². The normalized spacial score (nSPS) is 24.1. The summed E-state index contributed by atoms with van der Waals surface area (Å²) in [7, 11) is 0. The van der Waals surface area contributed by atoms with Gasteiger partial charge in [-0.05, 0) is 38.3 Å². The molecule has 0 spiro atoms. The third-order valence-electron chi connectivity index (χ3n) is 4.28. The van der Waals surface area contributed by atoms with Gasteiger partial charge in [0.25, 0.3) is 0 Å². The molecule has 1 aliphatic rings. The number of hydrogen-bond donors (Lipinski definition) is 2. The Morgan fingerprint density at radius 1 is 1.40 bits per heavy atom. The quantitative estimate of drug-likeness (QED) is 0.889. The average molecular weight is 278 g/mol. The van der Waals surface area contributed by atoms with Gasteiger partial charge in [-0.25, -0.2) is 4.39 Å². The van der Waals surface area contributed by atoms with Crippen LogP contribution in [0.1, 0.15) is 44.2 Å². The number of hydrogen-bond acceptors (Lipinski definition) is 2. The van der Waals surface area contributed by atoms with Crippen molar-refractivity contribution in [2.45, 2.75) is 38.6 Å². The Hall–Kier alpha value is -1.42. The first-order valence-corrected chi connectivity index (χ1v) is 7.38. The van der Waals surface area contributed by atoms with Gasteiger partial charge in [-0.2, -0.15) is 0 Å². The molecule has 20 heavy (non-hydrogen) atoms. The zero-order chi connectivity index (χ0) is 14.5. The highest BCUT2D eigenvalue weighted by molar-refractivity contribution is 5.79. The molecular formula is C16H23FN2O. The maximum Gasteiger partial charge on any atom is 0.223 e. The van der Waals surface area contributed by atoms with Crippen LogP contribution in [-0.4, -0.2) is 12.5 Å². The summed E-state index contributed by atoms with van der Waals surface area (Å²) >= 11 is 0. The minimum atomic E-state index is -0.316. The number of carbonyl (C=O) groups excluding carboxylic acids is 1. The van der Waals surface area contributed by atoms with E-state index in [2.05, 4.69) is 5.32 Å². The molecule has 0 aromatic heterocycles. The molecule has 1 amide bonds. The summed E-state index contributed by atoms with van der Waals surface area (Å²) in [6.45, 7) is 2.36. The number of amides is 1. The van der Waals surface area contributed by atoms with Crippen molar-refractivity contribution in [3.05, 3.63) is 35.6 Å². The van der Waals surface area contributed by atoms with Gasteiger partial charge in [0.1, 0.15) is 5.82 Å². The van der Waals surface area contributed by atoms with Gasteiger partial charge >= 0.3 is 0 Å². The van der Waals surface area contributed by atoms with Crippen LogP contribution >= 0.6 is 0 Å². The third-order valence-corrected chi connectivity index (χ3v) is 4.28. The highest BCUT2D eigenvalue weighted by atomic mass is 19.1. The topological polar surface area (TPSA) is 55.1 Å². The van der Waals surface area contributed by atoms with Crippen LogP contribution < -0.4 is 11.1 Å². The number of rotatable bonds is 4. The van der Waals surface area contributed by atoms with E-state index in [0.29, 0.717) is 12.1 Å². The van der Waals surface area contributed by atoms with Gasteiger partial charge in [-0.15, -0.1) is 0 Å². The second kappa shape index (κ2) is 6.84. The predicted octanol–water partition coefficient (Wildman–Crippen LogP) is 2.77. The summed E-state index contributed by atoms with van der Waals surface area (Å²) < 4.78 is 13.7. The molecule has 4 heteroatoms.